The van der Waals surface area contributed by atoms with Crippen LogP contribution < -0.4 is 9.47 Å². The number of fused-ring (bicyclic) bond motifs is 1. The number of rotatable bonds is 2. The first-order chi connectivity index (χ1) is 10.1. The number of halogens is 1. The summed E-state index contributed by atoms with van der Waals surface area (Å²) in [6, 6.07) is 14.2. The van der Waals surface area contributed by atoms with Crippen LogP contribution in [-0.4, -0.2) is 13.2 Å². The molecular formula is C18H19ClO2. The van der Waals surface area contributed by atoms with E-state index in [4.69, 9.17) is 21.1 Å². The predicted octanol–water partition coefficient (Wildman–Crippen LogP) is 4.73. The highest BCUT2D eigenvalue weighted by Gasteiger charge is 2.18. The summed E-state index contributed by atoms with van der Waals surface area (Å²) in [5, 5.41) is -0.181. The summed E-state index contributed by atoms with van der Waals surface area (Å²) in [5.74, 6) is 1.98. The zero-order valence-electron chi connectivity index (χ0n) is 12.3. The van der Waals surface area contributed by atoms with Gasteiger partial charge in [-0.05, 0) is 30.2 Å². The van der Waals surface area contributed by atoms with Crippen molar-refractivity contribution in [3.63, 3.8) is 0 Å². The van der Waals surface area contributed by atoms with E-state index in [9.17, 15) is 0 Å². The molecule has 0 saturated carbocycles. The molecule has 110 valence electrons. The number of aryl methyl sites for hydroxylation is 1. The average Bonchev–Trinajstić information content (AvgIpc) is 2.68. The molecule has 2 unspecified atom stereocenters. The van der Waals surface area contributed by atoms with Gasteiger partial charge in [0.1, 0.15) is 0 Å². The van der Waals surface area contributed by atoms with Crippen LogP contribution in [0, 0.1) is 12.8 Å². The third-order valence-electron chi connectivity index (χ3n) is 3.64. The van der Waals surface area contributed by atoms with Crippen molar-refractivity contribution in [3.8, 4) is 11.5 Å². The molecule has 3 heteroatoms. The van der Waals surface area contributed by atoms with E-state index in [0.29, 0.717) is 19.1 Å². The maximum Gasteiger partial charge on any atom is 0.161 e. The van der Waals surface area contributed by atoms with Crippen molar-refractivity contribution in [2.24, 2.45) is 5.92 Å². The minimum Gasteiger partial charge on any atom is -0.489 e. The van der Waals surface area contributed by atoms with Gasteiger partial charge in [0, 0.05) is 5.92 Å². The Morgan fingerprint density at radius 2 is 1.71 bits per heavy atom. The van der Waals surface area contributed by atoms with E-state index in [1.807, 2.05) is 24.3 Å². The molecule has 2 aromatic carbocycles. The second-order valence-electron chi connectivity index (χ2n) is 5.71. The quantitative estimate of drug-likeness (QED) is 0.747. The molecule has 3 rings (SSSR count). The molecular weight excluding hydrogens is 284 g/mol. The average molecular weight is 303 g/mol. The molecule has 1 heterocycles. The van der Waals surface area contributed by atoms with Gasteiger partial charge in [0.05, 0.1) is 18.6 Å². The molecule has 0 spiro atoms. The predicted molar refractivity (Wildman–Crippen MR) is 85.5 cm³/mol. The number of ether oxygens (including phenoxy) is 2. The standard InChI is InChI=1S/C18H19ClO2/c1-12-4-3-5-14(8-12)18(19)15-6-7-16-17(9-15)21-11-13(2)10-20-16/h3-9,13,18H,10-11H2,1-2H3. The second-order valence-corrected chi connectivity index (χ2v) is 6.15. The zero-order chi connectivity index (χ0) is 14.8. The summed E-state index contributed by atoms with van der Waals surface area (Å²) < 4.78 is 11.6. The Bertz CT molecular complexity index is 639. The van der Waals surface area contributed by atoms with E-state index in [2.05, 4.69) is 32.0 Å². The Labute approximate surface area is 130 Å². The summed E-state index contributed by atoms with van der Waals surface area (Å²) in [6.07, 6.45) is 0. The van der Waals surface area contributed by atoms with Crippen LogP contribution in [0.25, 0.3) is 0 Å². The topological polar surface area (TPSA) is 18.5 Å². The maximum absolute atomic E-state index is 6.62. The zero-order valence-corrected chi connectivity index (χ0v) is 13.1. The molecule has 0 saturated heterocycles. The van der Waals surface area contributed by atoms with Crippen molar-refractivity contribution < 1.29 is 9.47 Å². The van der Waals surface area contributed by atoms with Crippen molar-refractivity contribution in [2.45, 2.75) is 19.2 Å². The van der Waals surface area contributed by atoms with Crippen LogP contribution in [0.15, 0.2) is 42.5 Å². The summed E-state index contributed by atoms with van der Waals surface area (Å²) >= 11 is 6.62. The van der Waals surface area contributed by atoms with Gasteiger partial charge in [0.15, 0.2) is 11.5 Å². The van der Waals surface area contributed by atoms with Crippen LogP contribution in [0.1, 0.15) is 29.0 Å². The third-order valence-corrected chi connectivity index (χ3v) is 4.15. The summed E-state index contributed by atoms with van der Waals surface area (Å²) in [5.41, 5.74) is 3.33. The molecule has 0 N–H and O–H groups in total. The van der Waals surface area contributed by atoms with Crippen LogP contribution in [0.2, 0.25) is 0 Å². The lowest BCUT2D eigenvalue weighted by atomic mass is 10.0. The Kier molecular flexibility index (Phi) is 4.07. The molecule has 2 atom stereocenters. The molecule has 1 aliphatic heterocycles. The van der Waals surface area contributed by atoms with Crippen LogP contribution in [0.4, 0.5) is 0 Å². The fraction of sp³-hybridized carbons (Fsp3) is 0.333. The van der Waals surface area contributed by atoms with Crippen molar-refractivity contribution in [1.29, 1.82) is 0 Å². The first kappa shape index (κ1) is 14.3. The maximum atomic E-state index is 6.62. The highest BCUT2D eigenvalue weighted by molar-refractivity contribution is 6.22. The molecule has 0 aliphatic carbocycles. The van der Waals surface area contributed by atoms with Gasteiger partial charge in [-0.25, -0.2) is 0 Å². The Hall–Kier alpha value is -1.67. The van der Waals surface area contributed by atoms with Gasteiger partial charge in [-0.3, -0.25) is 0 Å². The lowest BCUT2D eigenvalue weighted by molar-refractivity contribution is 0.228. The molecule has 2 aromatic rings. The second kappa shape index (κ2) is 5.98. The highest BCUT2D eigenvalue weighted by atomic mass is 35.5. The SMILES string of the molecule is Cc1cccc(C(Cl)c2ccc3c(c2)OCC(C)CO3)c1. The van der Waals surface area contributed by atoms with Crippen molar-refractivity contribution in [1.82, 2.24) is 0 Å². The molecule has 0 fully saturated rings. The van der Waals surface area contributed by atoms with Gasteiger partial charge in [-0.1, -0.05) is 42.8 Å². The van der Waals surface area contributed by atoms with E-state index >= 15 is 0 Å². The monoisotopic (exact) mass is 302 g/mol. The van der Waals surface area contributed by atoms with E-state index in [-0.39, 0.29) is 5.38 Å². The molecule has 2 nitrogen and oxygen atoms in total. The van der Waals surface area contributed by atoms with Crippen molar-refractivity contribution in [3.05, 3.63) is 59.2 Å². The van der Waals surface area contributed by atoms with E-state index in [0.717, 1.165) is 22.6 Å². The van der Waals surface area contributed by atoms with Gasteiger partial charge in [-0.2, -0.15) is 0 Å². The molecule has 0 radical (unpaired) electrons. The van der Waals surface area contributed by atoms with E-state index in [1.54, 1.807) is 0 Å². The van der Waals surface area contributed by atoms with Crippen LogP contribution in [0.5, 0.6) is 11.5 Å². The molecule has 0 amide bonds. The first-order valence-electron chi connectivity index (χ1n) is 7.23. The summed E-state index contributed by atoms with van der Waals surface area (Å²) in [7, 11) is 0. The van der Waals surface area contributed by atoms with Crippen molar-refractivity contribution >= 4 is 11.6 Å². The highest BCUT2D eigenvalue weighted by Crippen LogP contribution is 2.37. The fourth-order valence-corrected chi connectivity index (χ4v) is 2.72. The van der Waals surface area contributed by atoms with Gasteiger partial charge in [0.25, 0.3) is 0 Å². The van der Waals surface area contributed by atoms with Crippen LogP contribution in [0.3, 0.4) is 0 Å². The van der Waals surface area contributed by atoms with Crippen molar-refractivity contribution in [2.75, 3.05) is 13.2 Å². The summed E-state index contributed by atoms with van der Waals surface area (Å²) in [4.78, 5) is 0. The summed E-state index contributed by atoms with van der Waals surface area (Å²) in [6.45, 7) is 5.55. The van der Waals surface area contributed by atoms with Gasteiger partial charge in [-0.15, -0.1) is 11.6 Å². The van der Waals surface area contributed by atoms with Crippen LogP contribution in [-0.2, 0) is 0 Å². The smallest absolute Gasteiger partial charge is 0.161 e. The Morgan fingerprint density at radius 1 is 1.00 bits per heavy atom. The van der Waals surface area contributed by atoms with Crippen LogP contribution >= 0.6 is 11.6 Å². The number of alkyl halides is 1. The number of benzene rings is 2. The fourth-order valence-electron chi connectivity index (χ4n) is 2.45. The minimum atomic E-state index is -0.181. The molecule has 0 aromatic heterocycles. The minimum absolute atomic E-state index is 0.181. The largest absolute Gasteiger partial charge is 0.489 e. The van der Waals surface area contributed by atoms with E-state index in [1.165, 1.54) is 5.56 Å². The normalized spacial score (nSPS) is 18.9. The lowest BCUT2D eigenvalue weighted by Crippen LogP contribution is -2.12. The Balaban J connectivity index is 1.90. The molecule has 1 aliphatic rings. The number of hydrogen-bond donors (Lipinski definition) is 0. The third kappa shape index (κ3) is 3.16. The van der Waals surface area contributed by atoms with Gasteiger partial charge in [0.2, 0.25) is 0 Å². The van der Waals surface area contributed by atoms with Gasteiger partial charge >= 0.3 is 0 Å². The molecule has 0 bridgehead atoms. The first-order valence-corrected chi connectivity index (χ1v) is 7.67. The Morgan fingerprint density at radius 3 is 2.48 bits per heavy atom. The van der Waals surface area contributed by atoms with Gasteiger partial charge < -0.3 is 9.47 Å². The molecule has 21 heavy (non-hydrogen) atoms. The lowest BCUT2D eigenvalue weighted by Gasteiger charge is -2.14. The number of hydrogen-bond acceptors (Lipinski definition) is 2. The van der Waals surface area contributed by atoms with E-state index < -0.39 is 0 Å².